The smallest absolute Gasteiger partial charge is 0.170 e. The molecule has 0 unspecified atom stereocenters. The Morgan fingerprint density at radius 2 is 2.00 bits per heavy atom. The Labute approximate surface area is 96.3 Å². The zero-order valence-corrected chi connectivity index (χ0v) is 10.2. The molecule has 0 saturated heterocycles. The summed E-state index contributed by atoms with van der Waals surface area (Å²) in [6.45, 7) is 0. The highest BCUT2D eigenvalue weighted by Gasteiger charge is 2.13. The normalized spacial score (nSPS) is 9.64. The van der Waals surface area contributed by atoms with Crippen LogP contribution < -0.4 is 15.2 Å². The van der Waals surface area contributed by atoms with E-state index in [-0.39, 0.29) is 4.99 Å². The van der Waals surface area contributed by atoms with Crippen molar-refractivity contribution in [1.29, 1.82) is 0 Å². The highest BCUT2D eigenvalue weighted by Crippen LogP contribution is 2.34. The number of hydrogen-bond donors (Lipinski definition) is 1. The maximum Gasteiger partial charge on any atom is 0.170 e. The standard InChI is InChI=1S/C9H10BrNO2S/c1-12-7-4-5(10)3-6(9(11)14)8(7)13-2/h3-4H,1-2H3,(H2,11,14). The zero-order chi connectivity index (χ0) is 10.7. The van der Waals surface area contributed by atoms with Crippen molar-refractivity contribution >= 4 is 33.1 Å². The van der Waals surface area contributed by atoms with E-state index in [1.54, 1.807) is 26.4 Å². The fourth-order valence-electron chi connectivity index (χ4n) is 1.11. The van der Waals surface area contributed by atoms with Crippen LogP contribution in [0.15, 0.2) is 16.6 Å². The topological polar surface area (TPSA) is 44.5 Å². The van der Waals surface area contributed by atoms with E-state index in [1.807, 2.05) is 0 Å². The van der Waals surface area contributed by atoms with Crippen LogP contribution in [-0.4, -0.2) is 19.2 Å². The van der Waals surface area contributed by atoms with E-state index >= 15 is 0 Å². The summed E-state index contributed by atoms with van der Waals surface area (Å²) < 4.78 is 11.2. The molecular formula is C9H10BrNO2S. The van der Waals surface area contributed by atoms with Gasteiger partial charge in [-0.05, 0) is 12.1 Å². The largest absolute Gasteiger partial charge is 0.493 e. The quantitative estimate of drug-likeness (QED) is 0.859. The summed E-state index contributed by atoms with van der Waals surface area (Å²) in [5.74, 6) is 1.16. The molecule has 0 atom stereocenters. The van der Waals surface area contributed by atoms with Gasteiger partial charge >= 0.3 is 0 Å². The van der Waals surface area contributed by atoms with Crippen molar-refractivity contribution in [3.63, 3.8) is 0 Å². The van der Waals surface area contributed by atoms with Gasteiger partial charge in [0.25, 0.3) is 0 Å². The van der Waals surface area contributed by atoms with E-state index < -0.39 is 0 Å². The molecule has 0 fully saturated rings. The molecule has 0 bridgehead atoms. The molecule has 5 heteroatoms. The maximum atomic E-state index is 5.56. The van der Waals surface area contributed by atoms with Crippen LogP contribution in [0.5, 0.6) is 11.5 Å². The highest BCUT2D eigenvalue weighted by molar-refractivity contribution is 9.10. The van der Waals surface area contributed by atoms with Crippen LogP contribution in [0.3, 0.4) is 0 Å². The van der Waals surface area contributed by atoms with Crippen LogP contribution in [0.1, 0.15) is 5.56 Å². The van der Waals surface area contributed by atoms with Crippen molar-refractivity contribution in [1.82, 2.24) is 0 Å². The lowest BCUT2D eigenvalue weighted by molar-refractivity contribution is 0.354. The van der Waals surface area contributed by atoms with Gasteiger partial charge in [-0.25, -0.2) is 0 Å². The molecule has 0 heterocycles. The molecule has 1 aromatic carbocycles. The molecule has 76 valence electrons. The van der Waals surface area contributed by atoms with E-state index in [1.165, 1.54) is 0 Å². The van der Waals surface area contributed by atoms with Gasteiger partial charge in [-0.1, -0.05) is 28.1 Å². The molecule has 0 aliphatic rings. The molecule has 0 amide bonds. The van der Waals surface area contributed by atoms with Gasteiger partial charge in [0, 0.05) is 4.47 Å². The predicted octanol–water partition coefficient (Wildman–Crippen LogP) is 2.10. The van der Waals surface area contributed by atoms with Gasteiger partial charge in [-0.15, -0.1) is 0 Å². The van der Waals surface area contributed by atoms with Crippen molar-refractivity contribution in [2.24, 2.45) is 5.73 Å². The molecule has 0 saturated carbocycles. The van der Waals surface area contributed by atoms with Crippen molar-refractivity contribution < 1.29 is 9.47 Å². The highest BCUT2D eigenvalue weighted by atomic mass is 79.9. The fraction of sp³-hybridized carbons (Fsp3) is 0.222. The Hall–Kier alpha value is -0.810. The minimum Gasteiger partial charge on any atom is -0.493 e. The second-order valence-electron chi connectivity index (χ2n) is 2.55. The molecule has 1 rings (SSSR count). The Morgan fingerprint density at radius 3 is 2.43 bits per heavy atom. The Balaban J connectivity index is 3.39. The molecule has 0 spiro atoms. The minimum atomic E-state index is 0.279. The van der Waals surface area contributed by atoms with Crippen LogP contribution in [0.4, 0.5) is 0 Å². The number of methoxy groups -OCH3 is 2. The fourth-order valence-corrected chi connectivity index (χ4v) is 1.70. The number of nitrogens with two attached hydrogens (primary N) is 1. The number of hydrogen-bond acceptors (Lipinski definition) is 3. The Morgan fingerprint density at radius 1 is 1.36 bits per heavy atom. The monoisotopic (exact) mass is 275 g/mol. The summed E-state index contributed by atoms with van der Waals surface area (Å²) in [6.07, 6.45) is 0. The summed E-state index contributed by atoms with van der Waals surface area (Å²) in [4.78, 5) is 0.279. The summed E-state index contributed by atoms with van der Waals surface area (Å²) in [5, 5.41) is 0. The second-order valence-corrected chi connectivity index (χ2v) is 3.91. The first-order chi connectivity index (χ1) is 6.60. The summed E-state index contributed by atoms with van der Waals surface area (Å²) in [5.41, 5.74) is 6.22. The third kappa shape index (κ3) is 2.16. The molecular weight excluding hydrogens is 266 g/mol. The van der Waals surface area contributed by atoms with Crippen molar-refractivity contribution in [3.8, 4) is 11.5 Å². The molecule has 0 aromatic heterocycles. The van der Waals surface area contributed by atoms with Gasteiger partial charge in [0.2, 0.25) is 0 Å². The summed E-state index contributed by atoms with van der Waals surface area (Å²) in [7, 11) is 3.11. The zero-order valence-electron chi connectivity index (χ0n) is 7.83. The maximum absolute atomic E-state index is 5.56. The predicted molar refractivity (Wildman–Crippen MR) is 63.1 cm³/mol. The van der Waals surface area contributed by atoms with Gasteiger partial charge in [0.05, 0.1) is 19.8 Å². The molecule has 3 nitrogen and oxygen atoms in total. The Kier molecular flexibility index (Phi) is 3.71. The van der Waals surface area contributed by atoms with E-state index in [9.17, 15) is 0 Å². The average Bonchev–Trinajstić information content (AvgIpc) is 2.16. The van der Waals surface area contributed by atoms with Crippen LogP contribution in [-0.2, 0) is 0 Å². The first-order valence-electron chi connectivity index (χ1n) is 3.81. The SMILES string of the molecule is COc1cc(Br)cc(C(N)=S)c1OC. The number of halogens is 1. The first kappa shape index (κ1) is 11.3. The lowest BCUT2D eigenvalue weighted by Crippen LogP contribution is -2.11. The number of ether oxygens (including phenoxy) is 2. The van der Waals surface area contributed by atoms with E-state index in [0.717, 1.165) is 4.47 Å². The molecule has 0 aliphatic heterocycles. The van der Waals surface area contributed by atoms with Gasteiger partial charge in [-0.2, -0.15) is 0 Å². The van der Waals surface area contributed by atoms with Crippen molar-refractivity contribution in [2.75, 3.05) is 14.2 Å². The van der Waals surface area contributed by atoms with Crippen LogP contribution in [0, 0.1) is 0 Å². The van der Waals surface area contributed by atoms with Gasteiger partial charge < -0.3 is 15.2 Å². The number of benzene rings is 1. The molecule has 0 aliphatic carbocycles. The van der Waals surface area contributed by atoms with Gasteiger partial charge in [-0.3, -0.25) is 0 Å². The number of thiocarbonyl (C=S) groups is 1. The van der Waals surface area contributed by atoms with E-state index in [2.05, 4.69) is 15.9 Å². The Bertz CT molecular complexity index is 368. The van der Waals surface area contributed by atoms with E-state index in [4.69, 9.17) is 27.4 Å². The minimum absolute atomic E-state index is 0.279. The van der Waals surface area contributed by atoms with Crippen LogP contribution in [0.2, 0.25) is 0 Å². The summed E-state index contributed by atoms with van der Waals surface area (Å²) >= 11 is 8.24. The third-order valence-electron chi connectivity index (χ3n) is 1.71. The third-order valence-corrected chi connectivity index (χ3v) is 2.39. The molecule has 14 heavy (non-hydrogen) atoms. The van der Waals surface area contributed by atoms with E-state index in [0.29, 0.717) is 17.1 Å². The van der Waals surface area contributed by atoms with Crippen LogP contribution >= 0.6 is 28.1 Å². The van der Waals surface area contributed by atoms with Crippen LogP contribution in [0.25, 0.3) is 0 Å². The molecule has 1 aromatic rings. The second kappa shape index (κ2) is 4.61. The van der Waals surface area contributed by atoms with Gasteiger partial charge in [0.15, 0.2) is 11.5 Å². The first-order valence-corrected chi connectivity index (χ1v) is 5.01. The van der Waals surface area contributed by atoms with Crippen molar-refractivity contribution in [2.45, 2.75) is 0 Å². The lowest BCUT2D eigenvalue weighted by Gasteiger charge is -2.12. The number of rotatable bonds is 3. The molecule has 0 radical (unpaired) electrons. The van der Waals surface area contributed by atoms with Gasteiger partial charge in [0.1, 0.15) is 4.99 Å². The summed E-state index contributed by atoms with van der Waals surface area (Å²) in [6, 6.07) is 3.59. The average molecular weight is 276 g/mol. The van der Waals surface area contributed by atoms with Crippen molar-refractivity contribution in [3.05, 3.63) is 22.2 Å². The molecule has 2 N–H and O–H groups in total. The lowest BCUT2D eigenvalue weighted by atomic mass is 10.2.